The molecule has 26 heavy (non-hydrogen) atoms. The van der Waals surface area contributed by atoms with Gasteiger partial charge in [-0.25, -0.2) is 8.42 Å². The van der Waals surface area contributed by atoms with Gasteiger partial charge in [-0.1, -0.05) is 35.9 Å². The van der Waals surface area contributed by atoms with Crippen molar-refractivity contribution in [1.29, 1.82) is 0 Å². The molecule has 0 aromatic heterocycles. The van der Waals surface area contributed by atoms with Crippen molar-refractivity contribution >= 4 is 39.7 Å². The van der Waals surface area contributed by atoms with Crippen molar-refractivity contribution in [1.82, 2.24) is 9.62 Å². The van der Waals surface area contributed by atoms with Crippen molar-refractivity contribution in [3.63, 3.8) is 0 Å². The first-order valence-corrected chi connectivity index (χ1v) is 9.44. The maximum Gasteiger partial charge on any atom is 0.270 e. The quantitative estimate of drug-likeness (QED) is 0.609. The maximum atomic E-state index is 13.1. The van der Waals surface area contributed by atoms with Gasteiger partial charge in [0.05, 0.1) is 15.9 Å². The number of rotatable bonds is 4. The Morgan fingerprint density at radius 2 is 1.92 bits per heavy atom. The van der Waals surface area contributed by atoms with E-state index in [4.69, 9.17) is 11.6 Å². The second kappa shape index (κ2) is 8.32. The third-order valence-corrected chi connectivity index (χ3v) is 6.34. The lowest BCUT2D eigenvalue weighted by Gasteiger charge is -2.35. The number of nitro groups is 1. The van der Waals surface area contributed by atoms with E-state index in [1.54, 1.807) is 24.3 Å². The summed E-state index contributed by atoms with van der Waals surface area (Å²) in [6.45, 7) is 1.16. The fourth-order valence-electron chi connectivity index (χ4n) is 2.88. The molecule has 0 amide bonds. The first-order chi connectivity index (χ1) is 11.9. The summed E-state index contributed by atoms with van der Waals surface area (Å²) in [4.78, 5) is 10.3. The van der Waals surface area contributed by atoms with E-state index < -0.39 is 21.0 Å². The zero-order valence-electron chi connectivity index (χ0n) is 13.5. The van der Waals surface area contributed by atoms with Crippen molar-refractivity contribution in [2.24, 2.45) is 0 Å². The van der Waals surface area contributed by atoms with Gasteiger partial charge in [-0.05, 0) is 17.7 Å². The Labute approximate surface area is 162 Å². The second-order valence-electron chi connectivity index (χ2n) is 5.61. The van der Waals surface area contributed by atoms with Crippen molar-refractivity contribution in [2.75, 3.05) is 19.6 Å². The lowest BCUT2D eigenvalue weighted by molar-refractivity contribution is -0.385. The minimum Gasteiger partial charge on any atom is -0.313 e. The molecule has 1 N–H and O–H groups in total. The normalized spacial score (nSPS) is 18.1. The third kappa shape index (κ3) is 3.99. The molecule has 1 fully saturated rings. The molecule has 1 saturated heterocycles. The average Bonchev–Trinajstić information content (AvgIpc) is 2.62. The van der Waals surface area contributed by atoms with Crippen LogP contribution in [-0.2, 0) is 10.0 Å². The highest BCUT2D eigenvalue weighted by Crippen LogP contribution is 2.33. The Balaban J connectivity index is 0.00000243. The summed E-state index contributed by atoms with van der Waals surface area (Å²) in [6, 6.07) is 11.7. The van der Waals surface area contributed by atoms with Crippen LogP contribution in [0.1, 0.15) is 11.6 Å². The van der Waals surface area contributed by atoms with Crippen LogP contribution in [0.4, 0.5) is 5.69 Å². The molecule has 0 aliphatic carbocycles. The number of nitro benzene ring substituents is 1. The first kappa shape index (κ1) is 20.6. The van der Waals surface area contributed by atoms with E-state index in [0.29, 0.717) is 23.7 Å². The highest BCUT2D eigenvalue weighted by atomic mass is 35.5. The highest BCUT2D eigenvalue weighted by Gasteiger charge is 2.35. The van der Waals surface area contributed by atoms with Crippen LogP contribution >= 0.6 is 24.0 Å². The smallest absolute Gasteiger partial charge is 0.270 e. The van der Waals surface area contributed by atoms with E-state index in [2.05, 4.69) is 5.32 Å². The number of hydrogen-bond donors (Lipinski definition) is 1. The van der Waals surface area contributed by atoms with Crippen molar-refractivity contribution < 1.29 is 13.3 Å². The summed E-state index contributed by atoms with van der Waals surface area (Å²) >= 11 is 6.25. The van der Waals surface area contributed by atoms with Crippen LogP contribution < -0.4 is 5.32 Å². The van der Waals surface area contributed by atoms with Gasteiger partial charge in [0.2, 0.25) is 10.0 Å². The van der Waals surface area contributed by atoms with Crippen LogP contribution in [0.2, 0.25) is 5.02 Å². The topological polar surface area (TPSA) is 92.5 Å². The van der Waals surface area contributed by atoms with Gasteiger partial charge >= 0.3 is 0 Å². The minimum atomic E-state index is -3.90. The molecule has 1 heterocycles. The van der Waals surface area contributed by atoms with Crippen LogP contribution in [0.5, 0.6) is 0 Å². The summed E-state index contributed by atoms with van der Waals surface area (Å²) in [6.07, 6.45) is 0. The molecule has 1 aliphatic rings. The fraction of sp³-hybridized carbons (Fsp3) is 0.250. The molecule has 0 bridgehead atoms. The van der Waals surface area contributed by atoms with Crippen LogP contribution in [0.3, 0.4) is 0 Å². The summed E-state index contributed by atoms with van der Waals surface area (Å²) in [5.41, 5.74) is 0.441. The van der Waals surface area contributed by atoms with Crippen LogP contribution in [0.25, 0.3) is 0 Å². The molecule has 0 saturated carbocycles. The maximum absolute atomic E-state index is 13.1. The lowest BCUT2D eigenvalue weighted by Crippen LogP contribution is -2.48. The van der Waals surface area contributed by atoms with Gasteiger partial charge in [0.15, 0.2) is 0 Å². The number of nitrogens with zero attached hydrogens (tertiary/aromatic N) is 2. The molecule has 0 radical (unpaired) electrons. The Hall–Kier alpha value is -1.71. The van der Waals surface area contributed by atoms with Crippen molar-refractivity contribution in [2.45, 2.75) is 10.9 Å². The van der Waals surface area contributed by atoms with Gasteiger partial charge in [0, 0.05) is 36.8 Å². The molecule has 7 nitrogen and oxygen atoms in total. The van der Waals surface area contributed by atoms with Gasteiger partial charge in [-0.2, -0.15) is 4.31 Å². The number of sulfonamides is 1. The number of hydrogen-bond acceptors (Lipinski definition) is 5. The van der Waals surface area contributed by atoms with E-state index in [1.807, 2.05) is 0 Å². The Morgan fingerprint density at radius 1 is 1.19 bits per heavy atom. The predicted molar refractivity (Wildman–Crippen MR) is 101 cm³/mol. The summed E-state index contributed by atoms with van der Waals surface area (Å²) in [5, 5.41) is 14.6. The molecule has 1 atom stereocenters. The van der Waals surface area contributed by atoms with E-state index >= 15 is 0 Å². The van der Waals surface area contributed by atoms with E-state index in [0.717, 1.165) is 6.07 Å². The van der Waals surface area contributed by atoms with Crippen LogP contribution in [0, 0.1) is 10.1 Å². The Kier molecular flexibility index (Phi) is 6.59. The number of non-ortho nitro benzene ring substituents is 1. The highest BCUT2D eigenvalue weighted by molar-refractivity contribution is 7.89. The molecule has 2 aromatic rings. The Morgan fingerprint density at radius 3 is 2.62 bits per heavy atom. The zero-order chi connectivity index (χ0) is 18.0. The standard InChI is InChI=1S/C16H16ClN3O4S.ClH/c17-15-7-2-1-6-14(15)16-11-18-8-9-19(16)25(23,24)13-5-3-4-12(10-13)20(21)22;/h1-7,10,16,18H,8-9,11H2;1H. The van der Waals surface area contributed by atoms with Gasteiger partial charge in [-0.15, -0.1) is 12.4 Å². The minimum absolute atomic E-state index is 0. The largest absolute Gasteiger partial charge is 0.313 e. The van der Waals surface area contributed by atoms with E-state index in [1.165, 1.54) is 22.5 Å². The number of benzene rings is 2. The van der Waals surface area contributed by atoms with Crippen molar-refractivity contribution in [3.05, 3.63) is 69.2 Å². The van der Waals surface area contributed by atoms with Crippen LogP contribution in [0.15, 0.2) is 53.4 Å². The van der Waals surface area contributed by atoms with Gasteiger partial charge in [0.25, 0.3) is 5.69 Å². The number of halogens is 2. The molecular formula is C16H17Cl2N3O4S. The Bertz CT molecular complexity index is 908. The summed E-state index contributed by atoms with van der Waals surface area (Å²) in [5.74, 6) is 0. The molecule has 2 aromatic carbocycles. The monoisotopic (exact) mass is 417 g/mol. The molecular weight excluding hydrogens is 401 g/mol. The van der Waals surface area contributed by atoms with E-state index in [9.17, 15) is 18.5 Å². The molecule has 1 unspecified atom stereocenters. The van der Waals surface area contributed by atoms with E-state index in [-0.39, 0.29) is 29.5 Å². The predicted octanol–water partition coefficient (Wildman–Crippen LogP) is 3.01. The molecule has 0 spiro atoms. The van der Waals surface area contributed by atoms with Gasteiger partial charge in [-0.3, -0.25) is 10.1 Å². The molecule has 10 heteroatoms. The van der Waals surface area contributed by atoms with Gasteiger partial charge < -0.3 is 5.32 Å². The summed E-state index contributed by atoms with van der Waals surface area (Å²) < 4.78 is 27.5. The summed E-state index contributed by atoms with van der Waals surface area (Å²) in [7, 11) is -3.90. The second-order valence-corrected chi connectivity index (χ2v) is 7.91. The third-order valence-electron chi connectivity index (χ3n) is 4.09. The van der Waals surface area contributed by atoms with Crippen molar-refractivity contribution in [3.8, 4) is 0 Å². The first-order valence-electron chi connectivity index (χ1n) is 7.62. The average molecular weight is 418 g/mol. The number of nitrogens with one attached hydrogen (secondary N) is 1. The lowest BCUT2D eigenvalue weighted by atomic mass is 10.1. The van der Waals surface area contributed by atoms with Crippen LogP contribution in [-0.4, -0.2) is 37.3 Å². The number of piperazine rings is 1. The fourth-order valence-corrected chi connectivity index (χ4v) is 4.78. The molecule has 3 rings (SSSR count). The zero-order valence-corrected chi connectivity index (χ0v) is 15.9. The SMILES string of the molecule is Cl.O=[N+]([O-])c1cccc(S(=O)(=O)N2CCNCC2c2ccccc2Cl)c1. The molecule has 1 aliphatic heterocycles. The van der Waals surface area contributed by atoms with Gasteiger partial charge in [0.1, 0.15) is 0 Å². The molecule has 140 valence electrons.